The van der Waals surface area contributed by atoms with E-state index >= 15 is 0 Å². The molecule has 0 atom stereocenters. The number of alkyl halides is 3. The normalized spacial score (nSPS) is 18.0. The van der Waals surface area contributed by atoms with E-state index in [1.807, 2.05) is 0 Å². The minimum absolute atomic E-state index is 0.204. The van der Waals surface area contributed by atoms with Crippen LogP contribution in [0.5, 0.6) is 0 Å². The van der Waals surface area contributed by atoms with E-state index < -0.39 is 17.6 Å². The topological polar surface area (TPSA) is 12.0 Å². The van der Waals surface area contributed by atoms with Crippen molar-refractivity contribution in [1.82, 2.24) is 5.32 Å². The lowest BCUT2D eigenvalue weighted by molar-refractivity contribution is -0.138. The van der Waals surface area contributed by atoms with Crippen molar-refractivity contribution < 1.29 is 17.6 Å². The zero-order chi connectivity index (χ0) is 13.2. The molecule has 0 bridgehead atoms. The summed E-state index contributed by atoms with van der Waals surface area (Å²) in [6.07, 6.45) is -2.37. The molecule has 0 saturated carbocycles. The van der Waals surface area contributed by atoms with Crippen LogP contribution in [0.15, 0.2) is 18.2 Å². The molecule has 1 aromatic carbocycles. The highest BCUT2D eigenvalue weighted by Gasteiger charge is 2.34. The first-order chi connectivity index (χ1) is 8.47. The predicted octanol–water partition coefficient (Wildman–Crippen LogP) is 3.39. The van der Waals surface area contributed by atoms with Crippen LogP contribution in [0.3, 0.4) is 0 Å². The zero-order valence-electron chi connectivity index (χ0n) is 9.86. The van der Waals surface area contributed by atoms with Gasteiger partial charge in [0.2, 0.25) is 0 Å². The predicted molar refractivity (Wildman–Crippen MR) is 60.7 cm³/mol. The van der Waals surface area contributed by atoms with Crippen LogP contribution in [0.1, 0.15) is 24.0 Å². The number of halogens is 4. The molecule has 100 valence electrons. The molecule has 5 heteroatoms. The first-order valence-corrected chi connectivity index (χ1v) is 6.03. The molecule has 1 saturated heterocycles. The van der Waals surface area contributed by atoms with Gasteiger partial charge in [-0.15, -0.1) is 0 Å². The Bertz CT molecular complexity index is 408. The molecule has 1 nitrogen and oxygen atoms in total. The minimum Gasteiger partial charge on any atom is -0.317 e. The number of benzene rings is 1. The molecule has 1 N–H and O–H groups in total. The molecule has 1 aliphatic heterocycles. The molecule has 1 aromatic rings. The third-order valence-corrected chi connectivity index (χ3v) is 3.34. The van der Waals surface area contributed by atoms with Crippen LogP contribution >= 0.6 is 0 Å². The number of rotatable bonds is 2. The van der Waals surface area contributed by atoms with Crippen LogP contribution in [-0.4, -0.2) is 13.1 Å². The van der Waals surface area contributed by atoms with Crippen LogP contribution in [0.25, 0.3) is 0 Å². The Morgan fingerprint density at radius 1 is 1.17 bits per heavy atom. The molecule has 0 radical (unpaired) electrons. The van der Waals surface area contributed by atoms with Crippen LogP contribution in [0.4, 0.5) is 17.6 Å². The van der Waals surface area contributed by atoms with Gasteiger partial charge >= 0.3 is 6.18 Å². The molecule has 0 aromatic heterocycles. The molecule has 1 aliphatic rings. The SMILES string of the molecule is Fc1ccc(CC2CCNCC2)c(C(F)(F)F)c1. The number of hydrogen-bond acceptors (Lipinski definition) is 1. The van der Waals surface area contributed by atoms with E-state index in [0.717, 1.165) is 32.0 Å². The van der Waals surface area contributed by atoms with Crippen molar-refractivity contribution >= 4 is 0 Å². The molecule has 0 unspecified atom stereocenters. The Labute approximate surface area is 103 Å². The lowest BCUT2D eigenvalue weighted by atomic mass is 9.89. The van der Waals surface area contributed by atoms with E-state index in [9.17, 15) is 17.6 Å². The maximum absolute atomic E-state index is 12.9. The van der Waals surface area contributed by atoms with Gasteiger partial charge < -0.3 is 5.32 Å². The third kappa shape index (κ3) is 3.22. The zero-order valence-corrected chi connectivity index (χ0v) is 9.86. The van der Waals surface area contributed by atoms with Crippen LogP contribution < -0.4 is 5.32 Å². The van der Waals surface area contributed by atoms with Crippen molar-refractivity contribution in [3.8, 4) is 0 Å². The van der Waals surface area contributed by atoms with Gasteiger partial charge in [0.05, 0.1) is 5.56 Å². The summed E-state index contributed by atoms with van der Waals surface area (Å²) in [6, 6.07) is 2.96. The van der Waals surface area contributed by atoms with E-state index in [0.29, 0.717) is 12.5 Å². The van der Waals surface area contributed by atoms with Crippen molar-refractivity contribution in [2.75, 3.05) is 13.1 Å². The summed E-state index contributed by atoms with van der Waals surface area (Å²) in [7, 11) is 0. The summed E-state index contributed by atoms with van der Waals surface area (Å²) in [5, 5.41) is 3.17. The Morgan fingerprint density at radius 3 is 2.44 bits per heavy atom. The summed E-state index contributed by atoms with van der Waals surface area (Å²) in [5.74, 6) is -0.589. The second kappa shape index (κ2) is 5.26. The first-order valence-electron chi connectivity index (χ1n) is 6.03. The van der Waals surface area contributed by atoms with E-state index in [4.69, 9.17) is 0 Å². The van der Waals surface area contributed by atoms with Gasteiger partial charge in [-0.25, -0.2) is 4.39 Å². The molecule has 0 spiro atoms. The highest BCUT2D eigenvalue weighted by molar-refractivity contribution is 5.31. The number of piperidine rings is 1. The van der Waals surface area contributed by atoms with E-state index in [1.54, 1.807) is 0 Å². The quantitative estimate of drug-likeness (QED) is 0.805. The Hall–Kier alpha value is -1.10. The van der Waals surface area contributed by atoms with E-state index in [2.05, 4.69) is 5.32 Å². The fourth-order valence-electron chi connectivity index (χ4n) is 2.39. The molecular weight excluding hydrogens is 246 g/mol. The fourth-order valence-corrected chi connectivity index (χ4v) is 2.39. The number of hydrogen-bond donors (Lipinski definition) is 1. The highest BCUT2D eigenvalue weighted by Crippen LogP contribution is 2.34. The summed E-state index contributed by atoms with van der Waals surface area (Å²) in [4.78, 5) is 0. The van der Waals surface area contributed by atoms with Crippen LogP contribution in [0, 0.1) is 11.7 Å². The summed E-state index contributed by atoms with van der Waals surface area (Å²) < 4.78 is 51.4. The van der Waals surface area contributed by atoms with Crippen molar-refractivity contribution in [2.24, 2.45) is 5.92 Å². The second-order valence-electron chi connectivity index (χ2n) is 4.70. The summed E-state index contributed by atoms with van der Waals surface area (Å²) in [5.41, 5.74) is -0.628. The van der Waals surface area contributed by atoms with Crippen LogP contribution in [-0.2, 0) is 12.6 Å². The van der Waals surface area contributed by atoms with Gasteiger partial charge in [-0.2, -0.15) is 13.2 Å². The van der Waals surface area contributed by atoms with Gasteiger partial charge in [0.15, 0.2) is 0 Å². The lowest BCUT2D eigenvalue weighted by Gasteiger charge is -2.24. The smallest absolute Gasteiger partial charge is 0.317 e. The molecule has 18 heavy (non-hydrogen) atoms. The van der Waals surface area contributed by atoms with Crippen molar-refractivity contribution in [1.29, 1.82) is 0 Å². The molecule has 0 amide bonds. The first kappa shape index (κ1) is 13.3. The fraction of sp³-hybridized carbons (Fsp3) is 0.538. The van der Waals surface area contributed by atoms with Gasteiger partial charge in [-0.1, -0.05) is 6.07 Å². The van der Waals surface area contributed by atoms with E-state index in [-0.39, 0.29) is 11.5 Å². The molecule has 1 fully saturated rings. The second-order valence-corrected chi connectivity index (χ2v) is 4.70. The molecule has 1 heterocycles. The van der Waals surface area contributed by atoms with Gasteiger partial charge in [0.1, 0.15) is 5.82 Å². The van der Waals surface area contributed by atoms with Crippen molar-refractivity contribution in [3.05, 3.63) is 35.1 Å². The lowest BCUT2D eigenvalue weighted by Crippen LogP contribution is -2.29. The number of nitrogens with one attached hydrogen (secondary N) is 1. The Balaban J connectivity index is 2.21. The maximum atomic E-state index is 12.9. The maximum Gasteiger partial charge on any atom is 0.416 e. The molecule has 2 rings (SSSR count). The monoisotopic (exact) mass is 261 g/mol. The Morgan fingerprint density at radius 2 is 1.83 bits per heavy atom. The van der Waals surface area contributed by atoms with Gasteiger partial charge in [0.25, 0.3) is 0 Å². The standard InChI is InChI=1S/C13H15F4N/c14-11-2-1-10(12(8-11)13(15,16)17)7-9-3-5-18-6-4-9/h1-2,8-9,18H,3-7H2. The largest absolute Gasteiger partial charge is 0.416 e. The average Bonchev–Trinajstić information content (AvgIpc) is 2.31. The highest BCUT2D eigenvalue weighted by atomic mass is 19.4. The minimum atomic E-state index is -4.48. The third-order valence-electron chi connectivity index (χ3n) is 3.34. The Kier molecular flexibility index (Phi) is 3.90. The van der Waals surface area contributed by atoms with Crippen LogP contribution in [0.2, 0.25) is 0 Å². The van der Waals surface area contributed by atoms with Crippen molar-refractivity contribution in [3.63, 3.8) is 0 Å². The van der Waals surface area contributed by atoms with Crippen molar-refractivity contribution in [2.45, 2.75) is 25.4 Å². The molecular formula is C13H15F4N. The van der Waals surface area contributed by atoms with Gasteiger partial charge in [-0.3, -0.25) is 0 Å². The van der Waals surface area contributed by atoms with Gasteiger partial charge in [0, 0.05) is 0 Å². The summed E-state index contributed by atoms with van der Waals surface area (Å²) >= 11 is 0. The van der Waals surface area contributed by atoms with Gasteiger partial charge in [-0.05, 0) is 56.0 Å². The van der Waals surface area contributed by atoms with E-state index in [1.165, 1.54) is 6.07 Å². The average molecular weight is 261 g/mol. The molecule has 0 aliphatic carbocycles. The summed E-state index contributed by atoms with van der Waals surface area (Å²) in [6.45, 7) is 1.68.